The maximum absolute atomic E-state index is 12.5. The molecule has 3 heterocycles. The van der Waals surface area contributed by atoms with Crippen molar-refractivity contribution in [2.45, 2.75) is 56.6 Å². The van der Waals surface area contributed by atoms with E-state index in [2.05, 4.69) is 39.5 Å². The topological polar surface area (TPSA) is 117 Å². The van der Waals surface area contributed by atoms with Gasteiger partial charge >= 0.3 is 6.01 Å². The summed E-state index contributed by atoms with van der Waals surface area (Å²) < 4.78 is 28.4. The van der Waals surface area contributed by atoms with Crippen molar-refractivity contribution in [2.24, 2.45) is 0 Å². The quantitative estimate of drug-likeness (QED) is 0.496. The van der Waals surface area contributed by atoms with E-state index in [9.17, 15) is 4.21 Å². The van der Waals surface area contributed by atoms with Gasteiger partial charge in [0.05, 0.1) is 26.9 Å². The highest BCUT2D eigenvalue weighted by molar-refractivity contribution is 7.91. The lowest BCUT2D eigenvalue weighted by Crippen LogP contribution is -2.37. The fraction of sp³-hybridized carbons (Fsp3) is 0.500. The highest BCUT2D eigenvalue weighted by Gasteiger charge is 2.22. The van der Waals surface area contributed by atoms with E-state index in [0.717, 1.165) is 37.1 Å². The van der Waals surface area contributed by atoms with Crippen LogP contribution < -0.4 is 15.4 Å². The van der Waals surface area contributed by atoms with Gasteiger partial charge in [-0.3, -0.25) is 0 Å². The Kier molecular flexibility index (Phi) is 6.34. The van der Waals surface area contributed by atoms with E-state index in [1.807, 2.05) is 25.3 Å². The number of fused-ring (bicyclic) bond motifs is 1. The molecule has 10 heteroatoms. The van der Waals surface area contributed by atoms with Gasteiger partial charge in [0.15, 0.2) is 5.65 Å². The fourth-order valence-corrected chi connectivity index (χ4v) is 5.00. The molecule has 3 unspecified atom stereocenters. The molecule has 0 bridgehead atoms. The molecular weight excluding hydrogens is 426 g/mol. The Bertz CT molecular complexity index is 1200. The Hall–Kier alpha value is -2.72. The van der Waals surface area contributed by atoms with Gasteiger partial charge in [-0.05, 0) is 43.9 Å². The van der Waals surface area contributed by atoms with Crippen LogP contribution in [0.3, 0.4) is 0 Å². The smallest absolute Gasteiger partial charge is 0.322 e. The summed E-state index contributed by atoms with van der Waals surface area (Å²) in [5.74, 6) is 0.737. The molecule has 1 fully saturated rings. The van der Waals surface area contributed by atoms with Gasteiger partial charge in [-0.25, -0.2) is 8.99 Å². The van der Waals surface area contributed by atoms with Crippen molar-refractivity contribution in [1.29, 1.82) is 4.78 Å². The number of hydrogen-bond acceptors (Lipinski definition) is 8. The second-order valence-electron chi connectivity index (χ2n) is 8.65. The summed E-state index contributed by atoms with van der Waals surface area (Å²) >= 11 is 0. The molecule has 3 aromatic rings. The third kappa shape index (κ3) is 4.71. The number of nitrogens with zero attached hydrogens (tertiary/aromatic N) is 4. The summed E-state index contributed by atoms with van der Waals surface area (Å²) in [6, 6.07) is 7.37. The maximum atomic E-state index is 12.5. The fourth-order valence-electron chi connectivity index (χ4n) is 3.96. The normalized spacial score (nSPS) is 19.6. The molecule has 32 heavy (non-hydrogen) atoms. The Labute approximate surface area is 189 Å². The minimum absolute atomic E-state index is 0.0238. The molecule has 1 aliphatic rings. The Morgan fingerprint density at radius 1 is 1.25 bits per heavy atom. The number of anilines is 1. The van der Waals surface area contributed by atoms with Crippen LogP contribution in [0.25, 0.3) is 5.65 Å². The summed E-state index contributed by atoms with van der Waals surface area (Å²) in [5.41, 5.74) is 2.51. The third-order valence-electron chi connectivity index (χ3n) is 5.67. The van der Waals surface area contributed by atoms with Crippen LogP contribution in [-0.2, 0) is 9.73 Å². The van der Waals surface area contributed by atoms with Crippen LogP contribution in [0.2, 0.25) is 0 Å². The largest absolute Gasteiger partial charge is 0.459 e. The van der Waals surface area contributed by atoms with Gasteiger partial charge in [-0.15, -0.1) is 0 Å². The van der Waals surface area contributed by atoms with Crippen molar-refractivity contribution < 1.29 is 8.95 Å². The molecule has 0 saturated carbocycles. The molecule has 4 rings (SSSR count). The first kappa shape index (κ1) is 22.5. The number of nitrogens with one attached hydrogen (secondary N) is 3. The second-order valence-corrected chi connectivity index (χ2v) is 10.8. The van der Waals surface area contributed by atoms with Crippen molar-refractivity contribution in [3.05, 3.63) is 41.6 Å². The van der Waals surface area contributed by atoms with E-state index in [1.165, 1.54) is 6.26 Å². The molecule has 1 aromatic carbocycles. The predicted molar refractivity (Wildman–Crippen MR) is 125 cm³/mol. The highest BCUT2D eigenvalue weighted by atomic mass is 32.2. The maximum Gasteiger partial charge on any atom is 0.322 e. The Morgan fingerprint density at radius 3 is 2.72 bits per heavy atom. The van der Waals surface area contributed by atoms with Crippen molar-refractivity contribution in [3.63, 3.8) is 0 Å². The minimum atomic E-state index is -2.87. The lowest BCUT2D eigenvalue weighted by Gasteiger charge is -2.23. The molecular formula is C22H31N7O2S. The number of rotatable bonds is 7. The van der Waals surface area contributed by atoms with Crippen molar-refractivity contribution in [3.8, 4) is 6.01 Å². The van der Waals surface area contributed by atoms with Gasteiger partial charge in [0.2, 0.25) is 5.95 Å². The number of piperidine rings is 1. The van der Waals surface area contributed by atoms with Crippen molar-refractivity contribution >= 4 is 21.3 Å². The van der Waals surface area contributed by atoms with E-state index in [0.29, 0.717) is 22.5 Å². The lowest BCUT2D eigenvalue weighted by molar-refractivity contribution is 0.153. The van der Waals surface area contributed by atoms with Crippen LogP contribution in [0.1, 0.15) is 56.7 Å². The van der Waals surface area contributed by atoms with Crippen molar-refractivity contribution in [2.75, 3.05) is 24.7 Å². The predicted octanol–water partition coefficient (Wildman–Crippen LogP) is 3.59. The number of benzene rings is 1. The van der Waals surface area contributed by atoms with E-state index in [4.69, 9.17) is 9.52 Å². The summed E-state index contributed by atoms with van der Waals surface area (Å²) in [6.45, 7) is 7.92. The number of ether oxygens (including phenoxy) is 1. The summed E-state index contributed by atoms with van der Waals surface area (Å²) in [7, 11) is -2.87. The average molecular weight is 458 g/mol. The molecule has 1 aliphatic heterocycles. The van der Waals surface area contributed by atoms with Gasteiger partial charge < -0.3 is 15.4 Å². The van der Waals surface area contributed by atoms with Gasteiger partial charge in [0, 0.05) is 18.4 Å². The second kappa shape index (κ2) is 9.03. The third-order valence-corrected chi connectivity index (χ3v) is 6.88. The monoisotopic (exact) mass is 457 g/mol. The molecule has 3 N–H and O–H groups in total. The van der Waals surface area contributed by atoms with Crippen LogP contribution in [0.5, 0.6) is 6.01 Å². The Balaban J connectivity index is 1.73. The Morgan fingerprint density at radius 2 is 2.03 bits per heavy atom. The number of aromatic nitrogens is 4. The van der Waals surface area contributed by atoms with Gasteiger partial charge in [-0.2, -0.15) is 19.6 Å². The average Bonchev–Trinajstić information content (AvgIpc) is 3.18. The van der Waals surface area contributed by atoms with Crippen LogP contribution in [0, 0.1) is 4.78 Å². The highest BCUT2D eigenvalue weighted by Crippen LogP contribution is 2.28. The van der Waals surface area contributed by atoms with Crippen LogP contribution >= 0.6 is 0 Å². The van der Waals surface area contributed by atoms with Gasteiger partial charge in [0.25, 0.3) is 0 Å². The molecule has 0 amide bonds. The number of hydrogen-bond donors (Lipinski definition) is 3. The van der Waals surface area contributed by atoms with E-state index in [-0.39, 0.29) is 18.1 Å². The van der Waals surface area contributed by atoms with Crippen molar-refractivity contribution in [1.82, 2.24) is 24.9 Å². The first-order chi connectivity index (χ1) is 15.2. The summed E-state index contributed by atoms with van der Waals surface area (Å²) in [6.07, 6.45) is 5.29. The SMILES string of the molecule is CC(C)c1cnn2c(NC(C)c3ccccc3S(C)(=N)=O)nc(OC3CCCNC3)nc12. The molecule has 2 aromatic heterocycles. The van der Waals surface area contributed by atoms with Gasteiger partial charge in [0.1, 0.15) is 6.10 Å². The molecule has 1 saturated heterocycles. The van der Waals surface area contributed by atoms with E-state index >= 15 is 0 Å². The van der Waals surface area contributed by atoms with Crippen LogP contribution in [-0.4, -0.2) is 49.2 Å². The van der Waals surface area contributed by atoms with E-state index in [1.54, 1.807) is 16.6 Å². The zero-order valence-corrected chi connectivity index (χ0v) is 19.8. The standard InChI is InChI=1S/C22H31N7O2S/c1-14(2)18-13-25-29-20(18)27-22(31-16-8-7-11-24-12-16)28-21(29)26-15(3)17-9-5-6-10-19(17)32(4,23)30/h5-6,9-10,13-16,23-24H,7-8,11-12H2,1-4H3,(H,26,27,28). The molecule has 172 valence electrons. The van der Waals surface area contributed by atoms with Crippen LogP contribution in [0.4, 0.5) is 5.95 Å². The lowest BCUT2D eigenvalue weighted by atomic mass is 10.1. The summed E-state index contributed by atoms with van der Waals surface area (Å²) in [4.78, 5) is 9.82. The first-order valence-electron chi connectivity index (χ1n) is 11.0. The van der Waals surface area contributed by atoms with Gasteiger partial charge in [-0.1, -0.05) is 32.0 Å². The molecule has 0 radical (unpaired) electrons. The molecule has 9 nitrogen and oxygen atoms in total. The van der Waals surface area contributed by atoms with Crippen LogP contribution in [0.15, 0.2) is 35.4 Å². The molecule has 0 aliphatic carbocycles. The minimum Gasteiger partial charge on any atom is -0.459 e. The molecule has 3 atom stereocenters. The van der Waals surface area contributed by atoms with E-state index < -0.39 is 9.73 Å². The molecule has 0 spiro atoms. The zero-order chi connectivity index (χ0) is 22.9. The zero-order valence-electron chi connectivity index (χ0n) is 19.0. The first-order valence-corrected chi connectivity index (χ1v) is 12.9. The summed E-state index contributed by atoms with van der Waals surface area (Å²) in [5, 5.41) is 11.2.